The molecule has 1 amide bonds. The lowest BCUT2D eigenvalue weighted by atomic mass is 9.68. The van der Waals surface area contributed by atoms with Gasteiger partial charge >= 0.3 is 0 Å². The van der Waals surface area contributed by atoms with Gasteiger partial charge in [0, 0.05) is 13.1 Å². The SMILES string of the molecule is CN(C(=O)C1(N)CC1)C1CC(C)(C)C1. The molecule has 2 aliphatic rings. The van der Waals surface area contributed by atoms with Crippen LogP contribution < -0.4 is 5.73 Å². The molecule has 14 heavy (non-hydrogen) atoms. The number of likely N-dealkylation sites (N-methyl/N-ethyl adjacent to an activating group) is 1. The third-order valence-electron chi connectivity index (χ3n) is 3.66. The van der Waals surface area contributed by atoms with Gasteiger partial charge in [0.25, 0.3) is 0 Å². The first kappa shape index (κ1) is 9.97. The van der Waals surface area contributed by atoms with Crippen molar-refractivity contribution in [1.82, 2.24) is 4.90 Å². The normalized spacial score (nSPS) is 28.0. The fraction of sp³-hybridized carbons (Fsp3) is 0.909. The number of carbonyl (C=O) groups excluding carboxylic acids is 1. The van der Waals surface area contributed by atoms with Crippen LogP contribution in [0.25, 0.3) is 0 Å². The van der Waals surface area contributed by atoms with Crippen molar-refractivity contribution in [3.05, 3.63) is 0 Å². The van der Waals surface area contributed by atoms with Crippen molar-refractivity contribution >= 4 is 5.91 Å². The second-order valence-corrected chi connectivity index (χ2v) is 5.80. The number of nitrogens with two attached hydrogens (primary N) is 1. The molecule has 3 heteroatoms. The molecular weight excluding hydrogens is 176 g/mol. The first-order valence-corrected chi connectivity index (χ1v) is 5.40. The molecule has 0 aliphatic heterocycles. The minimum Gasteiger partial charge on any atom is -0.341 e. The van der Waals surface area contributed by atoms with Gasteiger partial charge in [-0.1, -0.05) is 13.8 Å². The van der Waals surface area contributed by atoms with E-state index in [2.05, 4.69) is 13.8 Å². The molecule has 0 unspecified atom stereocenters. The molecule has 0 spiro atoms. The van der Waals surface area contributed by atoms with Crippen LogP contribution in [0.1, 0.15) is 39.5 Å². The molecule has 0 aromatic heterocycles. The first-order valence-electron chi connectivity index (χ1n) is 5.40. The Hall–Kier alpha value is -0.570. The first-order chi connectivity index (χ1) is 6.34. The Morgan fingerprint density at radius 2 is 1.86 bits per heavy atom. The van der Waals surface area contributed by atoms with Gasteiger partial charge in [-0.05, 0) is 31.1 Å². The summed E-state index contributed by atoms with van der Waals surface area (Å²) in [6.45, 7) is 4.49. The van der Waals surface area contributed by atoms with Gasteiger partial charge in [0.05, 0.1) is 5.54 Å². The maximum absolute atomic E-state index is 11.9. The van der Waals surface area contributed by atoms with Gasteiger partial charge in [-0.25, -0.2) is 0 Å². The van der Waals surface area contributed by atoms with E-state index in [4.69, 9.17) is 5.73 Å². The molecule has 2 N–H and O–H groups in total. The van der Waals surface area contributed by atoms with Crippen LogP contribution in [0, 0.1) is 5.41 Å². The Morgan fingerprint density at radius 1 is 1.36 bits per heavy atom. The summed E-state index contributed by atoms with van der Waals surface area (Å²) in [4.78, 5) is 13.7. The summed E-state index contributed by atoms with van der Waals surface area (Å²) in [6, 6.07) is 0.429. The molecule has 0 aromatic rings. The van der Waals surface area contributed by atoms with Crippen LogP contribution in [0.5, 0.6) is 0 Å². The highest BCUT2D eigenvalue weighted by atomic mass is 16.2. The third kappa shape index (κ3) is 1.54. The Labute approximate surface area is 85.6 Å². The van der Waals surface area contributed by atoms with Crippen molar-refractivity contribution in [3.63, 3.8) is 0 Å². The Morgan fingerprint density at radius 3 is 2.21 bits per heavy atom. The highest BCUT2D eigenvalue weighted by molar-refractivity contribution is 5.89. The van der Waals surface area contributed by atoms with E-state index in [-0.39, 0.29) is 5.91 Å². The van der Waals surface area contributed by atoms with Crippen LogP contribution in [-0.4, -0.2) is 29.4 Å². The number of nitrogens with zero attached hydrogens (tertiary/aromatic N) is 1. The standard InChI is InChI=1S/C11H20N2O/c1-10(2)6-8(7-10)13(3)9(14)11(12)4-5-11/h8H,4-7,12H2,1-3H3. The van der Waals surface area contributed by atoms with Crippen LogP contribution in [-0.2, 0) is 4.79 Å². The zero-order valence-electron chi connectivity index (χ0n) is 9.34. The molecule has 3 nitrogen and oxygen atoms in total. The second-order valence-electron chi connectivity index (χ2n) is 5.80. The number of hydrogen-bond donors (Lipinski definition) is 1. The van der Waals surface area contributed by atoms with Gasteiger partial charge in [0.1, 0.15) is 0 Å². The highest BCUT2D eigenvalue weighted by Crippen LogP contribution is 2.44. The lowest BCUT2D eigenvalue weighted by molar-refractivity contribution is -0.138. The summed E-state index contributed by atoms with van der Waals surface area (Å²) < 4.78 is 0. The largest absolute Gasteiger partial charge is 0.341 e. The molecule has 0 bridgehead atoms. The average Bonchev–Trinajstić information content (AvgIpc) is 2.78. The van der Waals surface area contributed by atoms with E-state index in [0.717, 1.165) is 25.7 Å². The molecule has 80 valence electrons. The zero-order valence-corrected chi connectivity index (χ0v) is 9.34. The van der Waals surface area contributed by atoms with Gasteiger partial charge in [0.2, 0.25) is 5.91 Å². The Balaban J connectivity index is 1.91. The monoisotopic (exact) mass is 196 g/mol. The molecule has 0 saturated heterocycles. The fourth-order valence-electron chi connectivity index (χ4n) is 2.36. The lowest BCUT2D eigenvalue weighted by Gasteiger charge is -2.47. The van der Waals surface area contributed by atoms with Gasteiger partial charge in [-0.15, -0.1) is 0 Å². The van der Waals surface area contributed by atoms with E-state index < -0.39 is 5.54 Å². The van der Waals surface area contributed by atoms with Crippen molar-refractivity contribution < 1.29 is 4.79 Å². The summed E-state index contributed by atoms with van der Waals surface area (Å²) in [6.07, 6.45) is 3.97. The lowest BCUT2D eigenvalue weighted by Crippen LogP contribution is -2.54. The summed E-state index contributed by atoms with van der Waals surface area (Å²) in [5, 5.41) is 0. The van der Waals surface area contributed by atoms with Crippen LogP contribution in [0.3, 0.4) is 0 Å². The van der Waals surface area contributed by atoms with E-state index >= 15 is 0 Å². The van der Waals surface area contributed by atoms with E-state index in [1.165, 1.54) is 0 Å². The third-order valence-corrected chi connectivity index (χ3v) is 3.66. The molecular formula is C11H20N2O. The molecule has 0 aromatic carbocycles. The number of hydrogen-bond acceptors (Lipinski definition) is 2. The van der Waals surface area contributed by atoms with Crippen molar-refractivity contribution in [1.29, 1.82) is 0 Å². The molecule has 0 atom stereocenters. The van der Waals surface area contributed by atoms with Gasteiger partial charge in [-0.2, -0.15) is 0 Å². The van der Waals surface area contributed by atoms with Crippen molar-refractivity contribution in [3.8, 4) is 0 Å². The molecule has 2 fully saturated rings. The molecule has 0 radical (unpaired) electrons. The van der Waals surface area contributed by atoms with Crippen LogP contribution >= 0.6 is 0 Å². The van der Waals surface area contributed by atoms with E-state index in [0.29, 0.717) is 11.5 Å². The van der Waals surface area contributed by atoms with Gasteiger partial charge < -0.3 is 10.6 Å². The predicted molar refractivity (Wildman–Crippen MR) is 55.7 cm³/mol. The number of rotatable bonds is 2. The summed E-state index contributed by atoms with van der Waals surface area (Å²) in [5.74, 6) is 0.151. The Kier molecular flexibility index (Phi) is 1.94. The molecule has 2 rings (SSSR count). The smallest absolute Gasteiger partial charge is 0.242 e. The van der Waals surface area contributed by atoms with E-state index in [1.54, 1.807) is 0 Å². The van der Waals surface area contributed by atoms with Crippen LogP contribution in [0.4, 0.5) is 0 Å². The average molecular weight is 196 g/mol. The minimum atomic E-state index is -0.492. The van der Waals surface area contributed by atoms with Gasteiger partial charge in [-0.3, -0.25) is 4.79 Å². The highest BCUT2D eigenvalue weighted by Gasteiger charge is 2.50. The number of carbonyl (C=O) groups is 1. The van der Waals surface area contributed by atoms with Gasteiger partial charge in [0.15, 0.2) is 0 Å². The minimum absolute atomic E-state index is 0.151. The maximum Gasteiger partial charge on any atom is 0.242 e. The van der Waals surface area contributed by atoms with Crippen LogP contribution in [0.15, 0.2) is 0 Å². The van der Waals surface area contributed by atoms with E-state index in [1.807, 2.05) is 11.9 Å². The van der Waals surface area contributed by atoms with Crippen molar-refractivity contribution in [2.75, 3.05) is 7.05 Å². The molecule has 2 saturated carbocycles. The molecule has 0 heterocycles. The topological polar surface area (TPSA) is 46.3 Å². The zero-order chi connectivity index (χ0) is 10.6. The summed E-state index contributed by atoms with van der Waals surface area (Å²) in [5.41, 5.74) is 5.81. The molecule has 2 aliphatic carbocycles. The van der Waals surface area contributed by atoms with Crippen LogP contribution in [0.2, 0.25) is 0 Å². The fourth-order valence-corrected chi connectivity index (χ4v) is 2.36. The maximum atomic E-state index is 11.9. The van der Waals surface area contributed by atoms with Crippen molar-refractivity contribution in [2.45, 2.75) is 51.1 Å². The predicted octanol–water partition coefficient (Wildman–Crippen LogP) is 1.12. The summed E-state index contributed by atoms with van der Waals surface area (Å²) >= 11 is 0. The summed E-state index contributed by atoms with van der Waals surface area (Å²) in [7, 11) is 1.90. The van der Waals surface area contributed by atoms with Crippen molar-refractivity contribution in [2.24, 2.45) is 11.1 Å². The number of amides is 1. The van der Waals surface area contributed by atoms with E-state index in [9.17, 15) is 4.79 Å². The quantitative estimate of drug-likeness (QED) is 0.719. The Bertz CT molecular complexity index is 260. The second kappa shape index (κ2) is 2.72.